The van der Waals surface area contributed by atoms with Gasteiger partial charge in [-0.05, 0) is 67.9 Å². The number of likely N-dealkylation sites (tertiary alicyclic amines) is 1. The second-order valence-corrected chi connectivity index (χ2v) is 9.75. The Morgan fingerprint density at radius 1 is 1.03 bits per heavy atom. The van der Waals surface area contributed by atoms with Gasteiger partial charge in [-0.2, -0.15) is 0 Å². The molecule has 1 N–H and O–H groups in total. The number of amides is 1. The van der Waals surface area contributed by atoms with Crippen molar-refractivity contribution in [3.05, 3.63) is 70.8 Å². The number of ether oxygens (including phenoxy) is 1. The summed E-state index contributed by atoms with van der Waals surface area (Å²) in [6.07, 6.45) is 0.721. The summed E-state index contributed by atoms with van der Waals surface area (Å²) >= 11 is 0. The third-order valence-corrected chi connectivity index (χ3v) is 6.00. The van der Waals surface area contributed by atoms with Crippen LogP contribution in [-0.2, 0) is 15.0 Å². The van der Waals surface area contributed by atoms with Crippen molar-refractivity contribution in [1.29, 1.82) is 0 Å². The normalized spacial score (nSPS) is 18.3. The van der Waals surface area contributed by atoms with E-state index in [1.165, 1.54) is 0 Å². The van der Waals surface area contributed by atoms with Gasteiger partial charge >= 0.3 is 0 Å². The van der Waals surface area contributed by atoms with Gasteiger partial charge in [0.2, 0.25) is 0 Å². The van der Waals surface area contributed by atoms with E-state index in [2.05, 4.69) is 20.8 Å². The van der Waals surface area contributed by atoms with Crippen LogP contribution in [0.3, 0.4) is 0 Å². The average Bonchev–Trinajstić information content (AvgIpc) is 3.03. The van der Waals surface area contributed by atoms with Crippen LogP contribution in [0.1, 0.15) is 49.9 Å². The Kier molecular flexibility index (Phi) is 7.28. The number of carbonyl (C=O) groups excluding carboxylic acids is 2. The van der Waals surface area contributed by atoms with E-state index in [-0.39, 0.29) is 16.7 Å². The van der Waals surface area contributed by atoms with Crippen LogP contribution in [0.15, 0.2) is 54.1 Å². The lowest BCUT2D eigenvalue weighted by Crippen LogP contribution is -2.32. The van der Waals surface area contributed by atoms with Crippen LogP contribution < -0.4 is 4.74 Å². The molecule has 176 valence electrons. The van der Waals surface area contributed by atoms with Crippen LogP contribution >= 0.6 is 0 Å². The van der Waals surface area contributed by atoms with Gasteiger partial charge in [0.25, 0.3) is 11.7 Å². The van der Waals surface area contributed by atoms with Gasteiger partial charge in [0.15, 0.2) is 0 Å². The van der Waals surface area contributed by atoms with E-state index in [0.717, 1.165) is 24.1 Å². The predicted octanol–water partition coefficient (Wildman–Crippen LogP) is 4.37. The first kappa shape index (κ1) is 24.5. The van der Waals surface area contributed by atoms with Gasteiger partial charge in [-0.25, -0.2) is 0 Å². The summed E-state index contributed by atoms with van der Waals surface area (Å²) in [5, 5.41) is 11.1. The number of hydrogen-bond acceptors (Lipinski definition) is 5. The van der Waals surface area contributed by atoms with Crippen LogP contribution in [0.25, 0.3) is 5.76 Å². The number of hydrogen-bond donors (Lipinski definition) is 1. The number of aliphatic hydroxyl groups excluding tert-OH is 1. The number of aliphatic hydroxyl groups is 1. The number of benzene rings is 2. The smallest absolute Gasteiger partial charge is 0.295 e. The van der Waals surface area contributed by atoms with Gasteiger partial charge in [-0.3, -0.25) is 9.59 Å². The van der Waals surface area contributed by atoms with Crippen LogP contribution in [0.5, 0.6) is 5.75 Å². The zero-order chi connectivity index (χ0) is 24.3. The summed E-state index contributed by atoms with van der Waals surface area (Å²) in [6.45, 7) is 7.63. The molecule has 3 rings (SSSR count). The van der Waals surface area contributed by atoms with Crippen LogP contribution in [-0.4, -0.2) is 60.9 Å². The van der Waals surface area contributed by atoms with E-state index in [0.29, 0.717) is 17.9 Å². The minimum absolute atomic E-state index is 0.0187. The highest BCUT2D eigenvalue weighted by Gasteiger charge is 2.45. The van der Waals surface area contributed by atoms with Crippen molar-refractivity contribution in [2.75, 3.05) is 34.3 Å². The molecular formula is C27H34N2O4. The summed E-state index contributed by atoms with van der Waals surface area (Å²) in [5.41, 5.74) is 2.54. The summed E-state index contributed by atoms with van der Waals surface area (Å²) < 4.78 is 5.19. The van der Waals surface area contributed by atoms with Crippen molar-refractivity contribution in [2.45, 2.75) is 38.6 Å². The highest BCUT2D eigenvalue weighted by molar-refractivity contribution is 6.46. The molecule has 1 saturated heterocycles. The first-order valence-electron chi connectivity index (χ1n) is 11.2. The van der Waals surface area contributed by atoms with E-state index in [1.54, 1.807) is 36.3 Å². The lowest BCUT2D eigenvalue weighted by atomic mass is 9.85. The molecule has 0 saturated carbocycles. The number of ketones is 1. The fourth-order valence-electron chi connectivity index (χ4n) is 4.08. The number of carbonyl (C=O) groups is 2. The van der Waals surface area contributed by atoms with E-state index in [9.17, 15) is 14.7 Å². The van der Waals surface area contributed by atoms with E-state index < -0.39 is 17.7 Å². The molecule has 0 aromatic heterocycles. The van der Waals surface area contributed by atoms with Crippen molar-refractivity contribution < 1.29 is 19.4 Å². The second-order valence-electron chi connectivity index (χ2n) is 9.75. The van der Waals surface area contributed by atoms with Crippen LogP contribution in [0, 0.1) is 0 Å². The topological polar surface area (TPSA) is 70.1 Å². The van der Waals surface area contributed by atoms with Gasteiger partial charge < -0.3 is 19.6 Å². The molecule has 1 amide bonds. The maximum absolute atomic E-state index is 13.1. The number of Topliss-reactive ketones (excluding diaryl/α,β-unsaturated/α-hetero) is 1. The summed E-state index contributed by atoms with van der Waals surface area (Å²) in [7, 11) is 5.51. The predicted molar refractivity (Wildman–Crippen MR) is 130 cm³/mol. The maximum Gasteiger partial charge on any atom is 0.295 e. The second kappa shape index (κ2) is 9.79. The maximum atomic E-state index is 13.1. The van der Waals surface area contributed by atoms with Crippen molar-refractivity contribution >= 4 is 17.4 Å². The zero-order valence-corrected chi connectivity index (χ0v) is 20.4. The SMILES string of the molecule is COc1ccc(C(O)=C2C(=O)C(=O)N(CCCN(C)C)C2c2ccc(C(C)(C)C)cc2)cc1. The summed E-state index contributed by atoms with van der Waals surface area (Å²) in [5.74, 6) is -0.757. The number of methoxy groups -OCH3 is 1. The van der Waals surface area contributed by atoms with Crippen LogP contribution in [0.2, 0.25) is 0 Å². The lowest BCUT2D eigenvalue weighted by molar-refractivity contribution is -0.139. The van der Waals surface area contributed by atoms with Gasteiger partial charge in [0, 0.05) is 12.1 Å². The van der Waals surface area contributed by atoms with Gasteiger partial charge in [-0.15, -0.1) is 0 Å². The standard InChI is InChI=1S/C27H34N2O4/c1-27(2,3)20-12-8-18(9-13-20)23-22(24(30)19-10-14-21(33-6)15-11-19)25(31)26(32)29(23)17-7-16-28(4)5/h8-15,23,30H,7,16-17H2,1-6H3. The molecule has 0 aliphatic carbocycles. The molecule has 1 fully saturated rings. The molecule has 2 aromatic carbocycles. The lowest BCUT2D eigenvalue weighted by Gasteiger charge is -2.27. The van der Waals surface area contributed by atoms with Crippen molar-refractivity contribution in [1.82, 2.24) is 9.80 Å². The highest BCUT2D eigenvalue weighted by atomic mass is 16.5. The van der Waals surface area contributed by atoms with Gasteiger partial charge in [0.05, 0.1) is 18.7 Å². The minimum atomic E-state index is -0.655. The molecule has 1 aliphatic rings. The molecule has 1 atom stereocenters. The minimum Gasteiger partial charge on any atom is -0.507 e. The van der Waals surface area contributed by atoms with Crippen molar-refractivity contribution in [2.24, 2.45) is 0 Å². The Balaban J connectivity index is 2.08. The first-order chi connectivity index (χ1) is 15.5. The Morgan fingerprint density at radius 2 is 1.64 bits per heavy atom. The zero-order valence-electron chi connectivity index (χ0n) is 20.4. The Morgan fingerprint density at radius 3 is 2.15 bits per heavy atom. The fraction of sp³-hybridized carbons (Fsp3) is 0.407. The molecule has 0 spiro atoms. The molecule has 33 heavy (non-hydrogen) atoms. The van der Waals surface area contributed by atoms with Crippen LogP contribution in [0.4, 0.5) is 0 Å². The number of rotatable bonds is 7. The molecule has 1 aliphatic heterocycles. The Labute approximate surface area is 196 Å². The highest BCUT2D eigenvalue weighted by Crippen LogP contribution is 2.40. The first-order valence-corrected chi connectivity index (χ1v) is 11.2. The molecule has 0 radical (unpaired) electrons. The fourth-order valence-corrected chi connectivity index (χ4v) is 4.08. The monoisotopic (exact) mass is 450 g/mol. The van der Waals surface area contributed by atoms with E-state index >= 15 is 0 Å². The van der Waals surface area contributed by atoms with Gasteiger partial charge in [0.1, 0.15) is 11.5 Å². The molecule has 2 aromatic rings. The molecule has 6 heteroatoms. The summed E-state index contributed by atoms with van der Waals surface area (Å²) in [6, 6.07) is 14.1. The molecular weight excluding hydrogens is 416 g/mol. The quantitative estimate of drug-likeness (QED) is 0.385. The third kappa shape index (κ3) is 5.28. The molecule has 1 unspecified atom stereocenters. The Bertz CT molecular complexity index is 1030. The average molecular weight is 451 g/mol. The largest absolute Gasteiger partial charge is 0.507 e. The van der Waals surface area contributed by atoms with Crippen molar-refractivity contribution in [3.8, 4) is 5.75 Å². The van der Waals surface area contributed by atoms with E-state index in [1.807, 2.05) is 43.3 Å². The van der Waals surface area contributed by atoms with Crippen molar-refractivity contribution in [3.63, 3.8) is 0 Å². The van der Waals surface area contributed by atoms with E-state index in [4.69, 9.17) is 4.74 Å². The summed E-state index contributed by atoms with van der Waals surface area (Å²) in [4.78, 5) is 29.8. The number of nitrogens with zero attached hydrogens (tertiary/aromatic N) is 2. The Hall–Kier alpha value is -3.12. The third-order valence-electron chi connectivity index (χ3n) is 6.00. The molecule has 1 heterocycles. The van der Waals surface area contributed by atoms with Gasteiger partial charge in [-0.1, -0.05) is 45.0 Å². The molecule has 0 bridgehead atoms. The molecule has 6 nitrogen and oxygen atoms in total.